The summed E-state index contributed by atoms with van der Waals surface area (Å²) in [7, 11) is 0. The fourth-order valence-electron chi connectivity index (χ4n) is 8.56. The quantitative estimate of drug-likeness (QED) is 0.222. The van der Waals surface area contributed by atoms with E-state index >= 15 is 0 Å². The third kappa shape index (κ3) is 13.9. The van der Waals surface area contributed by atoms with Gasteiger partial charge in [-0.1, -0.05) is 101 Å². The number of hydrogen-bond donors (Lipinski definition) is 0. The highest BCUT2D eigenvalue weighted by atomic mass is 19.4. The molecule has 9 heteroatoms. The maximum atomic E-state index is 12.8. The number of halogens is 9. The van der Waals surface area contributed by atoms with Crippen molar-refractivity contribution in [3.05, 3.63) is 0 Å². The largest absolute Gasteiger partial charge is 0.394 e. The molecular formula is C38H67F9. The fraction of sp³-hybridized carbons (Fsp3) is 1.00. The first kappa shape index (κ1) is 44.4. The van der Waals surface area contributed by atoms with Gasteiger partial charge in [0.25, 0.3) is 0 Å². The average molecular weight is 695 g/mol. The van der Waals surface area contributed by atoms with Crippen LogP contribution in [0.25, 0.3) is 0 Å². The third-order valence-corrected chi connectivity index (χ3v) is 10.9. The molecule has 0 spiro atoms. The minimum atomic E-state index is -3.99. The molecular weight excluding hydrogens is 627 g/mol. The van der Waals surface area contributed by atoms with E-state index in [2.05, 4.69) is 20.8 Å². The predicted octanol–water partition coefficient (Wildman–Crippen LogP) is 15.3. The maximum absolute atomic E-state index is 12.8. The Hall–Kier alpha value is -0.630. The molecule has 0 amide bonds. The summed E-state index contributed by atoms with van der Waals surface area (Å²) in [6, 6.07) is 0. The molecule has 0 saturated heterocycles. The van der Waals surface area contributed by atoms with Gasteiger partial charge in [-0.25, -0.2) is 0 Å². The minimum absolute atomic E-state index is 0.139. The standard InChI is InChI=1S/C11H22.C10H17F3.C9H15F3.C8H13F3/c1-10(2)9-11(3)7-5-4-6-8-11;1-8(2)7-9(10(11,12)13)5-3-4-6-9;1-7(2)6-8(4-3-5-8)9(10,11)12;1-6(2)5-7(3-4-7)8(9,10)11/h10H,4-9H2,1-3H3;8H,3-7H2,1-2H3;7H,3-6H2,1-2H3;6H,3-5H2,1-2H3. The van der Waals surface area contributed by atoms with E-state index in [1.807, 2.05) is 41.5 Å². The molecule has 4 aliphatic carbocycles. The monoisotopic (exact) mass is 695 g/mol. The molecule has 47 heavy (non-hydrogen) atoms. The van der Waals surface area contributed by atoms with Crippen LogP contribution in [0.2, 0.25) is 0 Å². The summed E-state index contributed by atoms with van der Waals surface area (Å²) < 4.78 is 113. The highest BCUT2D eigenvalue weighted by Gasteiger charge is 2.62. The van der Waals surface area contributed by atoms with Gasteiger partial charge in [-0.3, -0.25) is 0 Å². The molecule has 0 bridgehead atoms. The lowest BCUT2D eigenvalue weighted by Gasteiger charge is -2.44. The van der Waals surface area contributed by atoms with Crippen molar-refractivity contribution in [3.8, 4) is 0 Å². The molecule has 0 aromatic carbocycles. The Morgan fingerprint density at radius 3 is 0.830 bits per heavy atom. The summed E-state index contributed by atoms with van der Waals surface area (Å²) in [4.78, 5) is 0. The highest BCUT2D eigenvalue weighted by Crippen LogP contribution is 2.61. The van der Waals surface area contributed by atoms with Crippen molar-refractivity contribution in [3.63, 3.8) is 0 Å². The van der Waals surface area contributed by atoms with Crippen LogP contribution < -0.4 is 0 Å². The first-order chi connectivity index (χ1) is 21.2. The molecule has 0 N–H and O–H groups in total. The predicted molar refractivity (Wildman–Crippen MR) is 176 cm³/mol. The van der Waals surface area contributed by atoms with Crippen LogP contribution in [0, 0.1) is 45.3 Å². The van der Waals surface area contributed by atoms with Crippen molar-refractivity contribution in [1.29, 1.82) is 0 Å². The Labute approximate surface area is 281 Å². The molecule has 4 fully saturated rings. The molecule has 4 rings (SSSR count). The van der Waals surface area contributed by atoms with E-state index in [9.17, 15) is 39.5 Å². The van der Waals surface area contributed by atoms with Crippen molar-refractivity contribution in [2.45, 2.75) is 196 Å². The normalized spacial score (nSPS) is 22.9. The summed E-state index contributed by atoms with van der Waals surface area (Å²) in [5.74, 6) is 1.32. The van der Waals surface area contributed by atoms with Crippen molar-refractivity contribution < 1.29 is 39.5 Å². The maximum Gasteiger partial charge on any atom is 0.394 e. The third-order valence-electron chi connectivity index (χ3n) is 10.9. The van der Waals surface area contributed by atoms with Crippen LogP contribution in [0.4, 0.5) is 39.5 Å². The molecule has 0 aromatic rings. The molecule has 0 atom stereocenters. The van der Waals surface area contributed by atoms with E-state index in [-0.39, 0.29) is 17.8 Å². The van der Waals surface area contributed by atoms with E-state index in [1.54, 1.807) is 0 Å². The van der Waals surface area contributed by atoms with Crippen LogP contribution in [0.5, 0.6) is 0 Å². The molecule has 282 valence electrons. The first-order valence-electron chi connectivity index (χ1n) is 18.4. The Morgan fingerprint density at radius 2 is 0.617 bits per heavy atom. The fourth-order valence-corrected chi connectivity index (χ4v) is 8.56. The van der Waals surface area contributed by atoms with Gasteiger partial charge in [-0.15, -0.1) is 0 Å². The molecule has 0 unspecified atom stereocenters. The minimum Gasteiger partial charge on any atom is -0.171 e. The van der Waals surface area contributed by atoms with Gasteiger partial charge in [0.15, 0.2) is 0 Å². The first-order valence-corrected chi connectivity index (χ1v) is 18.4. The van der Waals surface area contributed by atoms with Gasteiger partial charge in [-0.2, -0.15) is 39.5 Å². The van der Waals surface area contributed by atoms with Crippen molar-refractivity contribution in [1.82, 2.24) is 0 Å². The highest BCUT2D eigenvalue weighted by molar-refractivity contribution is 4.99. The number of hydrogen-bond acceptors (Lipinski definition) is 0. The second-order valence-electron chi connectivity index (χ2n) is 17.7. The van der Waals surface area contributed by atoms with Gasteiger partial charge in [0.2, 0.25) is 0 Å². The van der Waals surface area contributed by atoms with Crippen LogP contribution in [0.3, 0.4) is 0 Å². The summed E-state index contributed by atoms with van der Waals surface area (Å²) >= 11 is 0. The molecule has 0 nitrogen and oxygen atoms in total. The Bertz CT molecular complexity index is 857. The van der Waals surface area contributed by atoms with Gasteiger partial charge in [0.1, 0.15) is 0 Å². The topological polar surface area (TPSA) is 0 Å². The smallest absolute Gasteiger partial charge is 0.171 e. The zero-order chi connectivity index (χ0) is 36.5. The second-order valence-corrected chi connectivity index (χ2v) is 17.7. The van der Waals surface area contributed by atoms with Crippen LogP contribution in [0.15, 0.2) is 0 Å². The average Bonchev–Trinajstić information content (AvgIpc) is 3.48. The molecule has 0 radical (unpaired) electrons. The van der Waals surface area contributed by atoms with Crippen LogP contribution >= 0.6 is 0 Å². The van der Waals surface area contributed by atoms with Crippen molar-refractivity contribution in [2.24, 2.45) is 45.3 Å². The second kappa shape index (κ2) is 17.5. The molecule has 4 saturated carbocycles. The summed E-state index contributed by atoms with van der Waals surface area (Å²) in [5.41, 5.74) is -3.25. The summed E-state index contributed by atoms with van der Waals surface area (Å²) in [5, 5.41) is 0. The Kier molecular flexibility index (Phi) is 16.6. The van der Waals surface area contributed by atoms with E-state index < -0.39 is 34.8 Å². The van der Waals surface area contributed by atoms with Crippen LogP contribution in [0.1, 0.15) is 178 Å². The molecule has 0 heterocycles. The van der Waals surface area contributed by atoms with Crippen molar-refractivity contribution in [2.75, 3.05) is 0 Å². The van der Waals surface area contributed by atoms with Gasteiger partial charge in [0.05, 0.1) is 16.2 Å². The molecule has 0 aromatic heterocycles. The van der Waals surface area contributed by atoms with Crippen LogP contribution in [-0.4, -0.2) is 18.5 Å². The lowest BCUT2D eigenvalue weighted by Crippen LogP contribution is -2.44. The van der Waals surface area contributed by atoms with Crippen LogP contribution in [-0.2, 0) is 0 Å². The van der Waals surface area contributed by atoms with E-state index in [0.717, 1.165) is 25.2 Å². The van der Waals surface area contributed by atoms with Gasteiger partial charge >= 0.3 is 18.5 Å². The SMILES string of the molecule is CC(C)CC1(C(F)(F)F)CC1.CC(C)CC1(C(F)(F)F)CCC1.CC(C)CC1(C(F)(F)F)CCCC1.CC(C)CC1(C)CCCCC1. The van der Waals surface area contributed by atoms with Crippen molar-refractivity contribution >= 4 is 0 Å². The molecule has 4 aliphatic rings. The van der Waals surface area contributed by atoms with E-state index in [0.29, 0.717) is 63.2 Å². The van der Waals surface area contributed by atoms with E-state index in [4.69, 9.17) is 0 Å². The summed E-state index contributed by atoms with van der Waals surface area (Å²) in [6.07, 6.45) is 2.08. The number of rotatable bonds is 8. The Balaban J connectivity index is 0.000000314. The number of alkyl halides is 9. The lowest BCUT2D eigenvalue weighted by atomic mass is 9.64. The van der Waals surface area contributed by atoms with Gasteiger partial charge in [0, 0.05) is 0 Å². The van der Waals surface area contributed by atoms with Gasteiger partial charge in [-0.05, 0) is 106 Å². The lowest BCUT2D eigenvalue weighted by molar-refractivity contribution is -0.256. The van der Waals surface area contributed by atoms with E-state index in [1.165, 1.54) is 38.5 Å². The molecule has 0 aliphatic heterocycles. The zero-order valence-electron chi connectivity index (χ0n) is 30.9. The zero-order valence-corrected chi connectivity index (χ0v) is 30.9. The summed E-state index contributed by atoms with van der Waals surface area (Å²) in [6.45, 7) is 18.3. The Morgan fingerprint density at radius 1 is 0.362 bits per heavy atom. The van der Waals surface area contributed by atoms with Gasteiger partial charge < -0.3 is 0 Å².